The first kappa shape index (κ1) is 73.1. The molecule has 3 atom stereocenters. The summed E-state index contributed by atoms with van der Waals surface area (Å²) in [6.07, 6.45) is 83.2. The number of amides is 1. The molecule has 4 N–H and O–H groups in total. The van der Waals surface area contributed by atoms with Gasteiger partial charge in [-0.3, -0.25) is 4.79 Å². The Kier molecular flexibility index (Phi) is 63.8. The molecule has 0 aromatic carbocycles. The summed E-state index contributed by atoms with van der Waals surface area (Å²) in [6, 6.07) is -0.710. The maximum Gasteiger partial charge on any atom is 0.249 e. The second-order valence-corrected chi connectivity index (χ2v) is 24.1. The molecule has 0 aromatic heterocycles. The van der Waals surface area contributed by atoms with Crippen molar-refractivity contribution in [2.24, 2.45) is 0 Å². The zero-order chi connectivity index (χ0) is 53.6. The number of aliphatic hydroxyl groups excluding tert-OH is 3. The quantitative estimate of drug-likeness (QED) is 0.0361. The van der Waals surface area contributed by atoms with Crippen molar-refractivity contribution in [2.45, 2.75) is 417 Å². The Morgan fingerprint density at radius 3 is 0.743 bits per heavy atom. The van der Waals surface area contributed by atoms with Crippen molar-refractivity contribution in [3.8, 4) is 0 Å². The van der Waals surface area contributed by atoms with Gasteiger partial charge in [-0.25, -0.2) is 0 Å². The third-order valence-corrected chi connectivity index (χ3v) is 16.6. The Hall–Kier alpha value is -0.910. The Balaban J connectivity index is 3.43. The second-order valence-electron chi connectivity index (χ2n) is 24.1. The fourth-order valence-electron chi connectivity index (χ4n) is 11.3. The van der Waals surface area contributed by atoms with Gasteiger partial charge >= 0.3 is 0 Å². The smallest absolute Gasteiger partial charge is 0.249 e. The van der Waals surface area contributed by atoms with E-state index in [0.29, 0.717) is 12.8 Å². The lowest BCUT2D eigenvalue weighted by atomic mass is 10.0. The zero-order valence-electron chi connectivity index (χ0n) is 50.8. The summed E-state index contributed by atoms with van der Waals surface area (Å²) in [5.41, 5.74) is 0. The molecule has 0 radical (unpaired) electrons. The summed E-state index contributed by atoms with van der Waals surface area (Å²) >= 11 is 0. The molecule has 0 aliphatic carbocycles. The van der Waals surface area contributed by atoms with E-state index in [0.717, 1.165) is 32.1 Å². The van der Waals surface area contributed by atoms with Gasteiger partial charge in [-0.15, -0.1) is 0 Å². The molecule has 3 unspecified atom stereocenters. The highest BCUT2D eigenvalue weighted by molar-refractivity contribution is 5.80. The van der Waals surface area contributed by atoms with Crippen LogP contribution < -0.4 is 5.32 Å². The Morgan fingerprint density at radius 2 is 0.514 bits per heavy atom. The molecule has 5 heteroatoms. The van der Waals surface area contributed by atoms with Crippen LogP contribution in [0.25, 0.3) is 0 Å². The van der Waals surface area contributed by atoms with E-state index in [2.05, 4.69) is 31.3 Å². The first-order valence-corrected chi connectivity index (χ1v) is 34.5. The summed E-state index contributed by atoms with van der Waals surface area (Å²) in [5.74, 6) is -0.462. The van der Waals surface area contributed by atoms with Gasteiger partial charge in [0.05, 0.1) is 18.8 Å². The van der Waals surface area contributed by atoms with Gasteiger partial charge in [0.2, 0.25) is 5.91 Å². The van der Waals surface area contributed by atoms with Gasteiger partial charge in [0, 0.05) is 0 Å². The maximum absolute atomic E-state index is 12.6. The monoisotopic (exact) mass is 1040 g/mol. The molecular formula is C69H137NO4. The van der Waals surface area contributed by atoms with Gasteiger partial charge in [-0.2, -0.15) is 0 Å². The zero-order valence-corrected chi connectivity index (χ0v) is 50.8. The van der Waals surface area contributed by atoms with E-state index < -0.39 is 24.2 Å². The van der Waals surface area contributed by atoms with E-state index in [-0.39, 0.29) is 6.61 Å². The van der Waals surface area contributed by atoms with Crippen LogP contribution in [-0.4, -0.2) is 46.1 Å². The normalized spacial score (nSPS) is 13.1. The van der Waals surface area contributed by atoms with Crippen molar-refractivity contribution >= 4 is 5.91 Å². The van der Waals surface area contributed by atoms with Crippen LogP contribution in [0.1, 0.15) is 399 Å². The van der Waals surface area contributed by atoms with Crippen LogP contribution in [0.5, 0.6) is 0 Å². The molecule has 0 saturated carbocycles. The van der Waals surface area contributed by atoms with Crippen LogP contribution in [0.2, 0.25) is 0 Å². The summed E-state index contributed by atoms with van der Waals surface area (Å²) in [7, 11) is 0. The van der Waals surface area contributed by atoms with E-state index in [4.69, 9.17) is 0 Å². The van der Waals surface area contributed by atoms with E-state index in [1.165, 1.54) is 340 Å². The molecule has 74 heavy (non-hydrogen) atoms. The van der Waals surface area contributed by atoms with Crippen molar-refractivity contribution < 1.29 is 20.1 Å². The molecule has 0 spiro atoms. The van der Waals surface area contributed by atoms with Gasteiger partial charge in [-0.05, 0) is 38.5 Å². The topological polar surface area (TPSA) is 89.8 Å². The number of nitrogens with one attached hydrogen (secondary N) is 1. The van der Waals surface area contributed by atoms with Crippen molar-refractivity contribution in [3.05, 3.63) is 12.2 Å². The molecule has 1 amide bonds. The SMILES string of the molecule is CCCCCCCCCCCCCCCCCCCC/C=C\CCCCCCCCCCCCCCCCCCC(O)C(=O)NC(CO)C(O)CCCCCCCCCCCCCCCCCCCCCCCC. The van der Waals surface area contributed by atoms with Crippen LogP contribution in [0, 0.1) is 0 Å². The predicted molar refractivity (Wildman–Crippen MR) is 329 cm³/mol. The van der Waals surface area contributed by atoms with Crippen molar-refractivity contribution in [3.63, 3.8) is 0 Å². The lowest BCUT2D eigenvalue weighted by molar-refractivity contribution is -0.131. The van der Waals surface area contributed by atoms with E-state index in [9.17, 15) is 20.1 Å². The number of carbonyl (C=O) groups is 1. The number of rotatable bonds is 65. The van der Waals surface area contributed by atoms with Crippen LogP contribution >= 0.6 is 0 Å². The highest BCUT2D eigenvalue weighted by Gasteiger charge is 2.23. The maximum atomic E-state index is 12.6. The molecular weight excluding hydrogens is 907 g/mol. The third-order valence-electron chi connectivity index (χ3n) is 16.6. The summed E-state index contributed by atoms with van der Waals surface area (Å²) in [6.45, 7) is 4.29. The standard InChI is InChI=1S/C69H137NO4/c1-3-5-7-9-11-13-15-17-19-21-23-25-27-28-29-30-31-32-33-34-35-36-37-38-39-40-41-42-44-46-48-50-52-54-56-58-60-62-64-68(73)69(74)70-66(65-71)67(72)63-61-59-57-55-53-51-49-47-45-43-26-24-22-20-18-16-14-12-10-8-6-4-2/h34-35,66-68,71-73H,3-33,36-65H2,1-2H3,(H,70,74)/b35-34-. The lowest BCUT2D eigenvalue weighted by Gasteiger charge is -2.23. The van der Waals surface area contributed by atoms with Gasteiger partial charge in [0.1, 0.15) is 6.10 Å². The number of aliphatic hydroxyl groups is 3. The van der Waals surface area contributed by atoms with Crippen LogP contribution in [0.15, 0.2) is 12.2 Å². The molecule has 0 aliphatic rings. The fraction of sp³-hybridized carbons (Fsp3) is 0.957. The molecule has 0 saturated heterocycles. The number of hydrogen-bond acceptors (Lipinski definition) is 4. The first-order chi connectivity index (χ1) is 36.6. The molecule has 442 valence electrons. The minimum atomic E-state index is -1.07. The van der Waals surface area contributed by atoms with E-state index in [1.54, 1.807) is 0 Å². The van der Waals surface area contributed by atoms with Crippen molar-refractivity contribution in [1.82, 2.24) is 5.32 Å². The van der Waals surface area contributed by atoms with Crippen LogP contribution in [-0.2, 0) is 4.79 Å². The van der Waals surface area contributed by atoms with Crippen molar-refractivity contribution in [1.29, 1.82) is 0 Å². The Morgan fingerprint density at radius 1 is 0.311 bits per heavy atom. The molecule has 0 heterocycles. The molecule has 0 aliphatic heterocycles. The van der Waals surface area contributed by atoms with Gasteiger partial charge in [0.25, 0.3) is 0 Å². The number of unbranched alkanes of at least 4 members (excludes halogenated alkanes) is 55. The van der Waals surface area contributed by atoms with E-state index >= 15 is 0 Å². The molecule has 0 aromatic rings. The molecule has 0 fully saturated rings. The van der Waals surface area contributed by atoms with Crippen molar-refractivity contribution in [2.75, 3.05) is 6.61 Å². The molecule has 0 rings (SSSR count). The molecule has 0 bridgehead atoms. The summed E-state index contributed by atoms with van der Waals surface area (Å²) in [4.78, 5) is 12.6. The minimum Gasteiger partial charge on any atom is -0.394 e. The summed E-state index contributed by atoms with van der Waals surface area (Å²) in [5, 5.41) is 33.7. The van der Waals surface area contributed by atoms with Gasteiger partial charge in [0.15, 0.2) is 0 Å². The lowest BCUT2D eigenvalue weighted by Crippen LogP contribution is -2.49. The predicted octanol–water partition coefficient (Wildman–Crippen LogP) is 22.2. The Bertz CT molecular complexity index is 1060. The average Bonchev–Trinajstić information content (AvgIpc) is 3.41. The minimum absolute atomic E-state index is 0.309. The number of allylic oxidation sites excluding steroid dienone is 2. The highest BCUT2D eigenvalue weighted by atomic mass is 16.3. The average molecular weight is 1040 g/mol. The fourth-order valence-corrected chi connectivity index (χ4v) is 11.3. The second kappa shape index (κ2) is 64.6. The number of hydrogen-bond donors (Lipinski definition) is 4. The van der Waals surface area contributed by atoms with Gasteiger partial charge < -0.3 is 20.6 Å². The highest BCUT2D eigenvalue weighted by Crippen LogP contribution is 2.20. The van der Waals surface area contributed by atoms with Crippen LogP contribution in [0.3, 0.4) is 0 Å². The van der Waals surface area contributed by atoms with E-state index in [1.807, 2.05) is 0 Å². The van der Waals surface area contributed by atoms with Gasteiger partial charge in [-0.1, -0.05) is 373 Å². The summed E-state index contributed by atoms with van der Waals surface area (Å²) < 4.78 is 0. The van der Waals surface area contributed by atoms with Crippen LogP contribution in [0.4, 0.5) is 0 Å². The first-order valence-electron chi connectivity index (χ1n) is 34.5. The Labute approximate surface area is 465 Å². The molecule has 5 nitrogen and oxygen atoms in total. The third kappa shape index (κ3) is 58.8. The largest absolute Gasteiger partial charge is 0.394 e. The number of carbonyl (C=O) groups excluding carboxylic acids is 1.